The highest BCUT2D eigenvalue weighted by atomic mass is 16.5. The molecule has 0 atom stereocenters. The molecule has 1 aromatic heterocycles. The number of ketones is 1. The van der Waals surface area contributed by atoms with E-state index in [9.17, 15) is 4.79 Å². The fraction of sp³-hybridized carbons (Fsp3) is 0.353. The molecule has 5 nitrogen and oxygen atoms in total. The van der Waals surface area contributed by atoms with Gasteiger partial charge in [-0.05, 0) is 30.5 Å². The number of methoxy groups -OCH3 is 1. The Labute approximate surface area is 129 Å². The van der Waals surface area contributed by atoms with Crippen molar-refractivity contribution >= 4 is 5.78 Å². The van der Waals surface area contributed by atoms with E-state index in [0.717, 1.165) is 30.8 Å². The van der Waals surface area contributed by atoms with E-state index >= 15 is 0 Å². The number of nitrogens with zero attached hydrogens (tertiary/aromatic N) is 2. The largest absolute Gasteiger partial charge is 0.497 e. The van der Waals surface area contributed by atoms with Gasteiger partial charge in [0, 0.05) is 24.2 Å². The normalized spacial score (nSPS) is 15.4. The summed E-state index contributed by atoms with van der Waals surface area (Å²) in [7, 11) is 1.67. The highest BCUT2D eigenvalue weighted by Crippen LogP contribution is 2.50. The molecule has 5 heteroatoms. The highest BCUT2D eigenvalue weighted by Gasteiger charge is 2.45. The number of carbonyl (C=O) groups excluding carboxylic acids is 1. The summed E-state index contributed by atoms with van der Waals surface area (Å²) >= 11 is 0. The lowest BCUT2D eigenvalue weighted by atomic mass is 9.92. The molecule has 1 aliphatic carbocycles. The Morgan fingerprint density at radius 3 is 2.64 bits per heavy atom. The number of rotatable bonds is 6. The van der Waals surface area contributed by atoms with E-state index in [2.05, 4.69) is 22.1 Å². The number of hydrogen-bond acceptors (Lipinski definition) is 5. The van der Waals surface area contributed by atoms with E-state index in [4.69, 9.17) is 9.84 Å². The standard InChI is InChI=1S/C17H18N2O3/c1-22-14-4-2-3-13(7-14)17(5-6-17)8-16-18-9-12(10-19-16)15(21)11-20/h2-4,7,9-10,20H,5-6,8,11H2,1H3. The number of aliphatic hydroxyl groups is 1. The number of carbonyl (C=O) groups is 1. The van der Waals surface area contributed by atoms with Gasteiger partial charge in [0.1, 0.15) is 18.2 Å². The lowest BCUT2D eigenvalue weighted by Crippen LogP contribution is -2.14. The molecule has 22 heavy (non-hydrogen) atoms. The van der Waals surface area contributed by atoms with Crippen LogP contribution in [0.15, 0.2) is 36.7 Å². The highest BCUT2D eigenvalue weighted by molar-refractivity contribution is 5.96. The van der Waals surface area contributed by atoms with Crippen molar-refractivity contribution in [1.82, 2.24) is 9.97 Å². The predicted molar refractivity (Wildman–Crippen MR) is 81.1 cm³/mol. The quantitative estimate of drug-likeness (QED) is 0.825. The van der Waals surface area contributed by atoms with Crippen LogP contribution < -0.4 is 4.74 Å². The van der Waals surface area contributed by atoms with Crippen LogP contribution in [0.3, 0.4) is 0 Å². The average Bonchev–Trinajstić information content (AvgIpc) is 3.35. The van der Waals surface area contributed by atoms with E-state index in [0.29, 0.717) is 5.56 Å². The SMILES string of the molecule is COc1cccc(C2(Cc3ncc(C(=O)CO)cn3)CC2)c1. The van der Waals surface area contributed by atoms with Crippen LogP contribution in [0.2, 0.25) is 0 Å². The molecule has 114 valence electrons. The van der Waals surface area contributed by atoms with Crippen molar-refractivity contribution in [2.75, 3.05) is 13.7 Å². The van der Waals surface area contributed by atoms with Crippen molar-refractivity contribution in [2.45, 2.75) is 24.7 Å². The van der Waals surface area contributed by atoms with E-state index in [1.54, 1.807) is 7.11 Å². The summed E-state index contributed by atoms with van der Waals surface area (Å²) in [6.45, 7) is -0.517. The number of aliphatic hydroxyl groups excluding tert-OH is 1. The van der Waals surface area contributed by atoms with Gasteiger partial charge in [0.25, 0.3) is 0 Å². The van der Waals surface area contributed by atoms with Gasteiger partial charge in [-0.3, -0.25) is 4.79 Å². The van der Waals surface area contributed by atoms with Crippen molar-refractivity contribution in [3.8, 4) is 5.75 Å². The second-order valence-corrected chi connectivity index (χ2v) is 5.66. The van der Waals surface area contributed by atoms with E-state index < -0.39 is 6.61 Å². The molecular formula is C17H18N2O3. The van der Waals surface area contributed by atoms with Crippen molar-refractivity contribution in [2.24, 2.45) is 0 Å². The van der Waals surface area contributed by atoms with Crippen LogP contribution in [0, 0.1) is 0 Å². The van der Waals surface area contributed by atoms with Crippen LogP contribution in [-0.4, -0.2) is 34.6 Å². The number of hydrogen-bond donors (Lipinski definition) is 1. The van der Waals surface area contributed by atoms with Gasteiger partial charge in [-0.15, -0.1) is 0 Å². The Bertz CT molecular complexity index is 679. The molecule has 2 aromatic rings. The van der Waals surface area contributed by atoms with Crippen LogP contribution in [0.25, 0.3) is 0 Å². The third-order valence-corrected chi connectivity index (χ3v) is 4.20. The van der Waals surface area contributed by atoms with Gasteiger partial charge >= 0.3 is 0 Å². The third-order valence-electron chi connectivity index (χ3n) is 4.20. The molecule has 0 aliphatic heterocycles. The number of benzene rings is 1. The molecule has 0 amide bonds. The summed E-state index contributed by atoms with van der Waals surface area (Å²) in [5, 5.41) is 8.84. The Morgan fingerprint density at radius 1 is 1.32 bits per heavy atom. The minimum atomic E-state index is -0.517. The fourth-order valence-electron chi connectivity index (χ4n) is 2.66. The van der Waals surface area contributed by atoms with Gasteiger partial charge in [0.2, 0.25) is 0 Å². The molecule has 1 heterocycles. The fourth-order valence-corrected chi connectivity index (χ4v) is 2.66. The predicted octanol–water partition coefficient (Wildman–Crippen LogP) is 1.93. The summed E-state index contributed by atoms with van der Waals surface area (Å²) in [6.07, 6.45) is 5.92. The van der Waals surface area contributed by atoms with Crippen molar-refractivity contribution < 1.29 is 14.6 Å². The zero-order valence-corrected chi connectivity index (χ0v) is 12.5. The topological polar surface area (TPSA) is 72.3 Å². The lowest BCUT2D eigenvalue weighted by Gasteiger charge is -2.15. The molecule has 0 saturated heterocycles. The van der Waals surface area contributed by atoms with Crippen molar-refractivity contribution in [3.63, 3.8) is 0 Å². The Balaban J connectivity index is 1.78. The molecule has 1 saturated carbocycles. The van der Waals surface area contributed by atoms with E-state index in [-0.39, 0.29) is 11.2 Å². The molecule has 1 N–H and O–H groups in total. The molecule has 1 fully saturated rings. The van der Waals surface area contributed by atoms with Gasteiger partial charge in [0.15, 0.2) is 5.78 Å². The van der Waals surface area contributed by atoms with Crippen LogP contribution >= 0.6 is 0 Å². The molecule has 0 radical (unpaired) electrons. The Morgan fingerprint density at radius 2 is 2.05 bits per heavy atom. The molecule has 0 unspecified atom stereocenters. The van der Waals surface area contributed by atoms with Crippen LogP contribution in [0.1, 0.15) is 34.6 Å². The second-order valence-electron chi connectivity index (χ2n) is 5.66. The lowest BCUT2D eigenvalue weighted by molar-refractivity contribution is 0.0903. The smallest absolute Gasteiger partial charge is 0.191 e. The molecule has 0 spiro atoms. The molecule has 1 aliphatic rings. The summed E-state index contributed by atoms with van der Waals surface area (Å²) in [4.78, 5) is 19.9. The first-order valence-electron chi connectivity index (χ1n) is 7.26. The number of aromatic nitrogens is 2. The van der Waals surface area contributed by atoms with Gasteiger partial charge in [-0.1, -0.05) is 12.1 Å². The Kier molecular flexibility index (Phi) is 3.90. The van der Waals surface area contributed by atoms with Gasteiger partial charge in [-0.25, -0.2) is 9.97 Å². The van der Waals surface area contributed by atoms with Gasteiger partial charge in [-0.2, -0.15) is 0 Å². The minimum Gasteiger partial charge on any atom is -0.497 e. The third kappa shape index (κ3) is 2.85. The summed E-state index contributed by atoms with van der Waals surface area (Å²) < 4.78 is 5.29. The summed E-state index contributed by atoms with van der Waals surface area (Å²) in [5.41, 5.74) is 1.67. The monoisotopic (exact) mass is 298 g/mol. The second kappa shape index (κ2) is 5.85. The van der Waals surface area contributed by atoms with Crippen LogP contribution in [-0.2, 0) is 11.8 Å². The maximum atomic E-state index is 11.4. The zero-order valence-electron chi connectivity index (χ0n) is 12.5. The van der Waals surface area contributed by atoms with E-state index in [1.807, 2.05) is 12.1 Å². The first-order valence-corrected chi connectivity index (χ1v) is 7.26. The zero-order chi connectivity index (χ0) is 15.6. The summed E-state index contributed by atoms with van der Waals surface area (Å²) in [6, 6.07) is 8.11. The number of Topliss-reactive ketones (excluding diaryl/α,β-unsaturated/α-hetero) is 1. The first-order chi connectivity index (χ1) is 10.7. The van der Waals surface area contributed by atoms with Crippen molar-refractivity contribution in [1.29, 1.82) is 0 Å². The average molecular weight is 298 g/mol. The van der Waals surface area contributed by atoms with Gasteiger partial charge < -0.3 is 9.84 Å². The Hall–Kier alpha value is -2.27. The van der Waals surface area contributed by atoms with Crippen molar-refractivity contribution in [3.05, 3.63) is 53.6 Å². The molecular weight excluding hydrogens is 280 g/mol. The van der Waals surface area contributed by atoms with Crippen LogP contribution in [0.4, 0.5) is 0 Å². The summed E-state index contributed by atoms with van der Waals surface area (Å²) in [5.74, 6) is 1.21. The maximum absolute atomic E-state index is 11.4. The molecule has 0 bridgehead atoms. The van der Waals surface area contributed by atoms with Crippen LogP contribution in [0.5, 0.6) is 5.75 Å². The van der Waals surface area contributed by atoms with Gasteiger partial charge in [0.05, 0.1) is 12.7 Å². The first kappa shape index (κ1) is 14.7. The molecule has 3 rings (SSSR count). The maximum Gasteiger partial charge on any atom is 0.191 e. The minimum absolute atomic E-state index is 0.0804. The number of ether oxygens (including phenoxy) is 1. The molecule has 1 aromatic carbocycles. The van der Waals surface area contributed by atoms with E-state index in [1.165, 1.54) is 18.0 Å².